The van der Waals surface area contributed by atoms with Gasteiger partial charge in [-0.25, -0.2) is 4.98 Å². The Morgan fingerprint density at radius 2 is 2.00 bits per heavy atom. The van der Waals surface area contributed by atoms with Gasteiger partial charge in [-0.05, 0) is 37.1 Å². The van der Waals surface area contributed by atoms with Gasteiger partial charge in [-0.15, -0.1) is 0 Å². The molecular weight excluding hydrogens is 373 g/mol. The van der Waals surface area contributed by atoms with E-state index < -0.39 is 29.8 Å². The predicted molar refractivity (Wildman–Crippen MR) is 95.5 cm³/mol. The fraction of sp³-hybridized carbons (Fsp3) is 0.316. The van der Waals surface area contributed by atoms with Crippen LogP contribution in [0, 0.1) is 0 Å². The van der Waals surface area contributed by atoms with Crippen molar-refractivity contribution in [3.8, 4) is 0 Å². The zero-order chi connectivity index (χ0) is 19.9. The molecule has 0 radical (unpaired) electrons. The van der Waals surface area contributed by atoms with Gasteiger partial charge < -0.3 is 14.5 Å². The summed E-state index contributed by atoms with van der Waals surface area (Å²) in [6, 6.07) is 9.04. The minimum atomic E-state index is -4.76. The Balaban J connectivity index is 1.59. The number of rotatable bonds is 3. The smallest absolute Gasteiger partial charge is 0.340 e. The molecular formula is C19H17F3N4O2. The van der Waals surface area contributed by atoms with Crippen molar-refractivity contribution in [2.45, 2.75) is 31.6 Å². The second-order valence-corrected chi connectivity index (χ2v) is 6.74. The van der Waals surface area contributed by atoms with E-state index in [0.717, 1.165) is 34.2 Å². The van der Waals surface area contributed by atoms with E-state index in [0.29, 0.717) is 18.8 Å². The van der Waals surface area contributed by atoms with Crippen LogP contribution in [0.2, 0.25) is 0 Å². The number of carbonyl (C=O) groups is 1. The summed E-state index contributed by atoms with van der Waals surface area (Å²) in [4.78, 5) is 34.2. The number of imidazole rings is 1. The van der Waals surface area contributed by atoms with Gasteiger partial charge in [0, 0.05) is 12.7 Å². The Hall–Kier alpha value is -3.10. The van der Waals surface area contributed by atoms with Crippen molar-refractivity contribution in [1.29, 1.82) is 0 Å². The maximum absolute atomic E-state index is 12.9. The lowest BCUT2D eigenvalue weighted by Crippen LogP contribution is -2.37. The monoisotopic (exact) mass is 390 g/mol. The molecule has 1 amide bonds. The van der Waals surface area contributed by atoms with E-state index in [4.69, 9.17) is 0 Å². The van der Waals surface area contributed by atoms with Crippen LogP contribution in [0.3, 0.4) is 0 Å². The number of nitrogens with zero attached hydrogens (tertiary/aromatic N) is 3. The number of hydrogen-bond donors (Lipinski definition) is 1. The summed E-state index contributed by atoms with van der Waals surface area (Å²) in [6.07, 6.45) is -2.11. The molecule has 28 heavy (non-hydrogen) atoms. The highest BCUT2D eigenvalue weighted by atomic mass is 19.4. The van der Waals surface area contributed by atoms with E-state index in [1.807, 2.05) is 24.3 Å². The summed E-state index contributed by atoms with van der Waals surface area (Å²) in [7, 11) is 0. The van der Waals surface area contributed by atoms with Crippen molar-refractivity contribution in [1.82, 2.24) is 19.4 Å². The molecule has 1 aliphatic heterocycles. The molecule has 1 N–H and O–H groups in total. The second-order valence-electron chi connectivity index (χ2n) is 6.74. The molecule has 0 saturated carbocycles. The molecule has 6 nitrogen and oxygen atoms in total. The third-order valence-corrected chi connectivity index (χ3v) is 4.93. The van der Waals surface area contributed by atoms with Crippen LogP contribution in [0.5, 0.6) is 0 Å². The molecule has 4 rings (SSSR count). The Morgan fingerprint density at radius 1 is 1.21 bits per heavy atom. The molecule has 2 aromatic heterocycles. The molecule has 1 atom stereocenters. The third-order valence-electron chi connectivity index (χ3n) is 4.93. The number of alkyl halides is 3. The average molecular weight is 390 g/mol. The number of likely N-dealkylation sites (tertiary alicyclic amines) is 1. The Labute approximate surface area is 157 Å². The summed E-state index contributed by atoms with van der Waals surface area (Å²) >= 11 is 0. The highest BCUT2D eigenvalue weighted by molar-refractivity contribution is 5.78. The average Bonchev–Trinajstić information content (AvgIpc) is 3.28. The molecule has 3 aromatic rings. The Bertz CT molecular complexity index is 1050. The number of carbonyl (C=O) groups excluding carboxylic acids is 1. The van der Waals surface area contributed by atoms with Crippen LogP contribution in [0.25, 0.3) is 11.0 Å². The van der Waals surface area contributed by atoms with E-state index in [9.17, 15) is 22.8 Å². The van der Waals surface area contributed by atoms with Gasteiger partial charge in [-0.2, -0.15) is 13.2 Å². The predicted octanol–water partition coefficient (Wildman–Crippen LogP) is 3.11. The van der Waals surface area contributed by atoms with E-state index >= 15 is 0 Å². The zero-order valence-electron chi connectivity index (χ0n) is 14.7. The number of fused-ring (bicyclic) bond motifs is 1. The van der Waals surface area contributed by atoms with Crippen LogP contribution in [0.15, 0.2) is 47.4 Å². The summed E-state index contributed by atoms with van der Waals surface area (Å²) in [5.74, 6) is 0.229. The van der Waals surface area contributed by atoms with Crippen molar-refractivity contribution >= 4 is 16.9 Å². The van der Waals surface area contributed by atoms with E-state index in [1.54, 1.807) is 4.90 Å². The van der Waals surface area contributed by atoms with Gasteiger partial charge in [0.15, 0.2) is 0 Å². The topological polar surface area (TPSA) is 71.0 Å². The fourth-order valence-electron chi connectivity index (χ4n) is 3.59. The molecule has 1 unspecified atom stereocenters. The third kappa shape index (κ3) is 3.28. The van der Waals surface area contributed by atoms with Gasteiger partial charge in [-0.3, -0.25) is 9.59 Å². The van der Waals surface area contributed by atoms with Crippen molar-refractivity contribution in [2.75, 3.05) is 6.54 Å². The molecule has 3 heterocycles. The number of halogens is 3. The Morgan fingerprint density at radius 3 is 2.75 bits per heavy atom. The lowest BCUT2D eigenvalue weighted by molar-refractivity contribution is -0.139. The number of nitrogens with one attached hydrogen (secondary N) is 1. The van der Waals surface area contributed by atoms with Gasteiger partial charge in [0.05, 0.1) is 17.1 Å². The van der Waals surface area contributed by atoms with Gasteiger partial charge in [0.2, 0.25) is 5.91 Å². The lowest BCUT2D eigenvalue weighted by atomic mass is 10.2. The molecule has 0 bridgehead atoms. The van der Waals surface area contributed by atoms with Crippen LogP contribution in [-0.2, 0) is 17.5 Å². The number of aromatic nitrogens is 3. The largest absolute Gasteiger partial charge is 0.421 e. The number of hydrogen-bond acceptors (Lipinski definition) is 3. The molecule has 146 valence electrons. The van der Waals surface area contributed by atoms with Crippen molar-refractivity contribution < 1.29 is 18.0 Å². The first-order chi connectivity index (χ1) is 13.3. The number of amides is 1. The highest BCUT2D eigenvalue weighted by Gasteiger charge is 2.35. The normalized spacial score (nSPS) is 17.4. The molecule has 1 aliphatic rings. The summed E-state index contributed by atoms with van der Waals surface area (Å²) in [5, 5.41) is 0. The van der Waals surface area contributed by atoms with Crippen LogP contribution in [-0.4, -0.2) is 31.9 Å². The van der Waals surface area contributed by atoms with E-state index in [-0.39, 0.29) is 6.04 Å². The first-order valence-electron chi connectivity index (χ1n) is 8.85. The maximum Gasteiger partial charge on any atom is 0.421 e. The number of H-pyrrole nitrogens is 1. The number of para-hydroxylation sites is 2. The maximum atomic E-state index is 12.9. The first-order valence-corrected chi connectivity index (χ1v) is 8.85. The fourth-order valence-corrected chi connectivity index (χ4v) is 3.59. The number of pyridine rings is 1. The number of aromatic amines is 1. The summed E-state index contributed by atoms with van der Waals surface area (Å²) in [5.41, 5.74) is -0.863. The molecule has 1 fully saturated rings. The van der Waals surface area contributed by atoms with Crippen molar-refractivity contribution in [3.63, 3.8) is 0 Å². The SMILES string of the molecule is O=C(Cn1cccc(C(F)(F)F)c1=O)N1CCCC1c1nc2ccccc2[nH]1. The summed E-state index contributed by atoms with van der Waals surface area (Å²) in [6.45, 7) is 0.0216. The zero-order valence-corrected chi connectivity index (χ0v) is 14.7. The van der Waals surface area contributed by atoms with Crippen LogP contribution in [0.4, 0.5) is 13.2 Å². The first kappa shape index (κ1) is 18.3. The quantitative estimate of drug-likeness (QED) is 0.747. The minimum absolute atomic E-state index is 0.290. The van der Waals surface area contributed by atoms with Gasteiger partial charge >= 0.3 is 6.18 Å². The standard InChI is InChI=1S/C19H17F3N4O2/c20-19(21,22)12-5-3-9-25(18(12)28)11-16(27)26-10-4-8-15(26)17-23-13-6-1-2-7-14(13)24-17/h1-3,5-7,9,15H,4,8,10-11H2,(H,23,24). The lowest BCUT2D eigenvalue weighted by Gasteiger charge is -2.23. The van der Waals surface area contributed by atoms with Crippen molar-refractivity contribution in [3.05, 3.63) is 64.3 Å². The number of benzene rings is 1. The van der Waals surface area contributed by atoms with Gasteiger partial charge in [0.1, 0.15) is 17.9 Å². The summed E-state index contributed by atoms with van der Waals surface area (Å²) < 4.78 is 39.6. The van der Waals surface area contributed by atoms with Gasteiger partial charge in [0.25, 0.3) is 5.56 Å². The van der Waals surface area contributed by atoms with Gasteiger partial charge in [-0.1, -0.05) is 12.1 Å². The van der Waals surface area contributed by atoms with Crippen LogP contribution in [0.1, 0.15) is 30.3 Å². The Kier molecular flexibility index (Phi) is 4.44. The molecule has 9 heteroatoms. The van der Waals surface area contributed by atoms with Crippen LogP contribution >= 0.6 is 0 Å². The molecule has 1 saturated heterocycles. The molecule has 0 spiro atoms. The van der Waals surface area contributed by atoms with E-state index in [1.165, 1.54) is 6.20 Å². The van der Waals surface area contributed by atoms with Crippen molar-refractivity contribution in [2.24, 2.45) is 0 Å². The molecule has 0 aliphatic carbocycles. The highest BCUT2D eigenvalue weighted by Crippen LogP contribution is 2.31. The van der Waals surface area contributed by atoms with Crippen LogP contribution < -0.4 is 5.56 Å². The van der Waals surface area contributed by atoms with E-state index in [2.05, 4.69) is 9.97 Å². The molecule has 1 aromatic carbocycles. The minimum Gasteiger partial charge on any atom is -0.340 e. The second kappa shape index (κ2) is 6.81.